The van der Waals surface area contributed by atoms with E-state index >= 15 is 0 Å². The third kappa shape index (κ3) is 8.94. The van der Waals surface area contributed by atoms with Crippen LogP contribution in [0.4, 0.5) is 17.1 Å². The fraction of sp³-hybridized carbons (Fsp3) is 0.150. The van der Waals surface area contributed by atoms with Crippen LogP contribution in [0.1, 0.15) is 42.4 Å². The average molecular weight is 700 g/mol. The van der Waals surface area contributed by atoms with Crippen molar-refractivity contribution in [1.29, 1.82) is 10.5 Å². The number of hydrogen-bond acceptors (Lipinski definition) is 8. The van der Waals surface area contributed by atoms with Crippen molar-refractivity contribution < 1.29 is 24.5 Å². The third-order valence-corrected chi connectivity index (χ3v) is 9.87. The second-order valence-corrected chi connectivity index (χ2v) is 13.4. The predicted octanol–water partition coefficient (Wildman–Crippen LogP) is 10.6. The van der Waals surface area contributed by atoms with E-state index in [9.17, 15) is 19.8 Å². The molecule has 8 nitrogen and oxygen atoms in total. The molecule has 2 heterocycles. The molecule has 0 aliphatic rings. The Morgan fingerprint density at radius 2 is 1.10 bits per heavy atom. The molecule has 0 spiro atoms. The number of rotatable bonds is 15. The van der Waals surface area contributed by atoms with Gasteiger partial charge >= 0.3 is 11.9 Å². The molecule has 2 aromatic heterocycles. The summed E-state index contributed by atoms with van der Waals surface area (Å²) in [5.74, 6) is -1.70. The van der Waals surface area contributed by atoms with Gasteiger partial charge in [0.25, 0.3) is 0 Å². The lowest BCUT2D eigenvalue weighted by Gasteiger charge is -2.26. The predicted molar refractivity (Wildman–Crippen MR) is 200 cm³/mol. The maximum Gasteiger partial charge on any atom is 0.346 e. The van der Waals surface area contributed by atoms with E-state index in [0.29, 0.717) is 16.4 Å². The number of unbranched alkanes of at least 4 members (excludes halogenated alkanes) is 3. The van der Waals surface area contributed by atoms with E-state index < -0.39 is 11.9 Å². The number of carboxylic acids is 2. The summed E-state index contributed by atoms with van der Waals surface area (Å²) in [5.41, 5.74) is 4.07. The average Bonchev–Trinajstić information content (AvgIpc) is 3.81. The number of anilines is 3. The maximum atomic E-state index is 11.3. The van der Waals surface area contributed by atoms with Gasteiger partial charge in [0.05, 0.1) is 6.61 Å². The van der Waals surface area contributed by atoms with Gasteiger partial charge in [0.2, 0.25) is 0 Å². The molecular weight excluding hydrogens is 667 g/mol. The minimum atomic E-state index is -1.26. The molecule has 0 amide bonds. The summed E-state index contributed by atoms with van der Waals surface area (Å²) in [5, 5.41) is 36.7. The summed E-state index contributed by atoms with van der Waals surface area (Å²) in [7, 11) is 0. The standard InChI is InChI=1S/C40H33N3O5S2/c1-2-3-4-5-22-48-34-16-14-33(15-17-34)43(31-10-6-27(7-11-31)37-20-18-35(49-37)23-29(25-41)39(44)45)32-12-8-28(9-13-32)38-21-19-36(50-38)24-30(26-42)40(46)47/h6-21,23-24H,2-5,22H2,1H3,(H,44,45)(H,46,47)/b29-23-,30-24-. The lowest BCUT2D eigenvalue weighted by molar-refractivity contribution is -0.133. The highest BCUT2D eigenvalue weighted by Crippen LogP contribution is 2.39. The normalized spacial score (nSPS) is 11.4. The molecule has 0 bridgehead atoms. The van der Waals surface area contributed by atoms with E-state index in [-0.39, 0.29) is 11.1 Å². The molecule has 0 aliphatic heterocycles. The second kappa shape index (κ2) is 16.9. The Morgan fingerprint density at radius 3 is 1.50 bits per heavy atom. The van der Waals surface area contributed by atoms with Gasteiger partial charge in [-0.2, -0.15) is 10.5 Å². The minimum absolute atomic E-state index is 0.314. The molecule has 0 radical (unpaired) electrons. The minimum Gasteiger partial charge on any atom is -0.494 e. The Hall–Kier alpha value is -5.94. The largest absolute Gasteiger partial charge is 0.494 e. The quantitative estimate of drug-likeness (QED) is 0.0626. The molecular formula is C40H33N3O5S2. The fourth-order valence-corrected chi connectivity index (χ4v) is 7.06. The molecule has 50 heavy (non-hydrogen) atoms. The van der Waals surface area contributed by atoms with Crippen LogP contribution in [0.2, 0.25) is 0 Å². The van der Waals surface area contributed by atoms with Crippen LogP contribution in [0, 0.1) is 22.7 Å². The zero-order chi connectivity index (χ0) is 35.5. The first-order chi connectivity index (χ1) is 24.3. The van der Waals surface area contributed by atoms with Crippen molar-refractivity contribution in [3.8, 4) is 38.8 Å². The monoisotopic (exact) mass is 699 g/mol. The number of carboxylic acid groups (broad SMARTS) is 2. The Bertz CT molecular complexity index is 1970. The zero-order valence-corrected chi connectivity index (χ0v) is 28.8. The molecule has 0 saturated heterocycles. The summed E-state index contributed by atoms with van der Waals surface area (Å²) < 4.78 is 6.00. The van der Waals surface area contributed by atoms with Crippen molar-refractivity contribution in [3.05, 3.63) is 118 Å². The van der Waals surface area contributed by atoms with Crippen LogP contribution in [0.15, 0.2) is 108 Å². The first-order valence-corrected chi connectivity index (χ1v) is 17.6. The van der Waals surface area contributed by atoms with Crippen LogP contribution in [0.25, 0.3) is 33.0 Å². The van der Waals surface area contributed by atoms with E-state index in [1.165, 1.54) is 47.7 Å². The molecule has 3 aromatic carbocycles. The molecule has 0 saturated carbocycles. The van der Waals surface area contributed by atoms with Gasteiger partial charge in [0.1, 0.15) is 29.0 Å². The van der Waals surface area contributed by atoms with Crippen molar-refractivity contribution in [1.82, 2.24) is 0 Å². The molecule has 0 atom stereocenters. The highest BCUT2D eigenvalue weighted by atomic mass is 32.1. The fourth-order valence-electron chi connectivity index (χ4n) is 5.15. The highest BCUT2D eigenvalue weighted by molar-refractivity contribution is 7.16. The first kappa shape index (κ1) is 35.4. The Balaban J connectivity index is 1.43. The second-order valence-electron chi connectivity index (χ2n) is 11.2. The molecule has 250 valence electrons. The Labute approximate surface area is 298 Å². The summed E-state index contributed by atoms with van der Waals surface area (Å²) >= 11 is 2.81. The molecule has 0 unspecified atom stereocenters. The van der Waals surface area contributed by atoms with Gasteiger partial charge in [-0.25, -0.2) is 9.59 Å². The van der Waals surface area contributed by atoms with Crippen LogP contribution < -0.4 is 9.64 Å². The smallest absolute Gasteiger partial charge is 0.346 e. The van der Waals surface area contributed by atoms with Crippen molar-refractivity contribution in [3.63, 3.8) is 0 Å². The lowest BCUT2D eigenvalue weighted by Crippen LogP contribution is -2.10. The van der Waals surface area contributed by atoms with Gasteiger partial charge in [-0.15, -0.1) is 22.7 Å². The molecule has 10 heteroatoms. The lowest BCUT2D eigenvalue weighted by atomic mass is 10.1. The summed E-state index contributed by atoms with van der Waals surface area (Å²) in [6.45, 7) is 2.86. The summed E-state index contributed by atoms with van der Waals surface area (Å²) in [6.07, 6.45) is 7.29. The van der Waals surface area contributed by atoms with Gasteiger partial charge in [-0.05, 0) is 102 Å². The van der Waals surface area contributed by atoms with Gasteiger partial charge < -0.3 is 19.8 Å². The third-order valence-electron chi connectivity index (χ3n) is 7.71. The molecule has 0 fully saturated rings. The SMILES string of the molecule is CCCCCCOc1ccc(N(c2ccc(-c3ccc(/C=C(/C#N)C(=O)O)s3)cc2)c2ccc(-c3ccc(/C=C(/C#N)C(=O)O)s3)cc2)cc1. The maximum absolute atomic E-state index is 11.3. The number of hydrogen-bond donors (Lipinski definition) is 2. The molecule has 0 aliphatic carbocycles. The van der Waals surface area contributed by atoms with Gasteiger partial charge in [-0.3, -0.25) is 0 Å². The highest BCUT2D eigenvalue weighted by Gasteiger charge is 2.15. The van der Waals surface area contributed by atoms with E-state index in [1.54, 1.807) is 24.3 Å². The number of carbonyl (C=O) groups is 2. The molecule has 5 rings (SSSR count). The molecule has 2 N–H and O–H groups in total. The van der Waals surface area contributed by atoms with Crippen molar-refractivity contribution in [2.24, 2.45) is 0 Å². The summed E-state index contributed by atoms with van der Waals surface area (Å²) in [4.78, 5) is 27.9. The van der Waals surface area contributed by atoms with E-state index in [1.807, 2.05) is 84.9 Å². The van der Waals surface area contributed by atoms with Crippen LogP contribution in [-0.4, -0.2) is 28.8 Å². The number of ether oxygens (including phenoxy) is 1. The van der Waals surface area contributed by atoms with Crippen LogP contribution in [-0.2, 0) is 9.59 Å². The number of thiophene rings is 2. The van der Waals surface area contributed by atoms with Crippen molar-refractivity contribution in [2.45, 2.75) is 32.6 Å². The topological polar surface area (TPSA) is 135 Å². The van der Waals surface area contributed by atoms with Gasteiger partial charge in [-0.1, -0.05) is 50.5 Å². The zero-order valence-electron chi connectivity index (χ0n) is 27.2. The number of nitriles is 2. The number of benzene rings is 3. The van der Waals surface area contributed by atoms with E-state index in [2.05, 4.69) is 11.8 Å². The molecule has 5 aromatic rings. The Kier molecular flexibility index (Phi) is 12.0. The van der Waals surface area contributed by atoms with Gasteiger partial charge in [0, 0.05) is 36.6 Å². The van der Waals surface area contributed by atoms with Crippen LogP contribution in [0.3, 0.4) is 0 Å². The van der Waals surface area contributed by atoms with Crippen LogP contribution >= 0.6 is 22.7 Å². The summed E-state index contributed by atoms with van der Waals surface area (Å²) in [6, 6.07) is 35.1. The van der Waals surface area contributed by atoms with E-state index in [4.69, 9.17) is 15.3 Å². The number of nitrogens with zero attached hydrogens (tertiary/aromatic N) is 3. The van der Waals surface area contributed by atoms with Crippen LogP contribution in [0.5, 0.6) is 5.75 Å². The van der Waals surface area contributed by atoms with Crippen molar-refractivity contribution in [2.75, 3.05) is 11.5 Å². The number of aliphatic carboxylic acids is 2. The Morgan fingerprint density at radius 1 is 0.660 bits per heavy atom. The van der Waals surface area contributed by atoms with Gasteiger partial charge in [0.15, 0.2) is 0 Å². The first-order valence-electron chi connectivity index (χ1n) is 15.9. The van der Waals surface area contributed by atoms with E-state index in [0.717, 1.165) is 56.5 Å². The van der Waals surface area contributed by atoms with Crippen molar-refractivity contribution >= 4 is 63.8 Å².